The number of phenolic OH excluding ortho intramolecular Hbond substituents is 1. The maximum absolute atomic E-state index is 11.2. The van der Waals surface area contributed by atoms with Crippen molar-refractivity contribution >= 4 is 17.7 Å². The topological polar surface area (TPSA) is 87.0 Å². The highest BCUT2D eigenvalue weighted by Crippen LogP contribution is 2.33. The maximum Gasteiger partial charge on any atom is 0.308 e. The number of aliphatic hydroxyl groups excluding tert-OH is 2. The molecule has 0 saturated carbocycles. The van der Waals surface area contributed by atoms with Gasteiger partial charge in [-0.2, -0.15) is 0 Å². The van der Waals surface area contributed by atoms with E-state index in [1.165, 1.54) is 7.11 Å². The summed E-state index contributed by atoms with van der Waals surface area (Å²) in [5.74, 6) is 1.54. The van der Waals surface area contributed by atoms with Crippen molar-refractivity contribution in [1.29, 1.82) is 0 Å². The second-order valence-electron chi connectivity index (χ2n) is 8.25. The minimum atomic E-state index is -0.892. The maximum atomic E-state index is 11.2. The molecule has 5 nitrogen and oxygen atoms in total. The highest BCUT2D eigenvalue weighted by atomic mass is 32.2. The zero-order valence-corrected chi connectivity index (χ0v) is 18.6. The molecule has 1 aromatic carbocycles. The predicted octanol–water partition coefficient (Wildman–Crippen LogP) is 3.95. The number of aromatic hydroxyl groups is 1. The largest absolute Gasteiger partial charge is 0.507 e. The number of carbonyl (C=O) groups excluding carboxylic acids is 1. The summed E-state index contributed by atoms with van der Waals surface area (Å²) in [7, 11) is 1.28. The molecule has 2 unspecified atom stereocenters. The van der Waals surface area contributed by atoms with E-state index in [1.54, 1.807) is 11.8 Å². The lowest BCUT2D eigenvalue weighted by Gasteiger charge is -2.17. The average Bonchev–Trinajstić information content (AvgIpc) is 2.57. The summed E-state index contributed by atoms with van der Waals surface area (Å²) >= 11 is 1.64. The molecule has 1 aromatic rings. The number of carbonyl (C=O) groups is 1. The Morgan fingerprint density at radius 1 is 1.04 bits per heavy atom. The fraction of sp³-hybridized carbons (Fsp3) is 0.682. The van der Waals surface area contributed by atoms with Crippen molar-refractivity contribution in [3.05, 3.63) is 23.3 Å². The van der Waals surface area contributed by atoms with Gasteiger partial charge in [-0.15, -0.1) is 11.8 Å². The van der Waals surface area contributed by atoms with Crippen LogP contribution < -0.4 is 0 Å². The van der Waals surface area contributed by atoms with Crippen molar-refractivity contribution in [3.8, 4) is 5.75 Å². The third kappa shape index (κ3) is 9.30. The van der Waals surface area contributed by atoms with Gasteiger partial charge in [0.2, 0.25) is 0 Å². The molecule has 0 aliphatic carbocycles. The van der Waals surface area contributed by atoms with Gasteiger partial charge in [0.25, 0.3) is 0 Å². The molecule has 0 amide bonds. The van der Waals surface area contributed by atoms with Gasteiger partial charge in [-0.1, -0.05) is 27.7 Å². The van der Waals surface area contributed by atoms with Gasteiger partial charge >= 0.3 is 5.97 Å². The van der Waals surface area contributed by atoms with E-state index < -0.39 is 18.2 Å². The Kier molecular flexibility index (Phi) is 10.9. The lowest BCUT2D eigenvalue weighted by Crippen LogP contribution is -2.21. The summed E-state index contributed by atoms with van der Waals surface area (Å²) in [6, 6.07) is 4.09. The number of ether oxygens (including phenoxy) is 1. The van der Waals surface area contributed by atoms with E-state index >= 15 is 0 Å². The third-order valence-electron chi connectivity index (χ3n) is 4.39. The molecule has 0 aromatic heterocycles. The van der Waals surface area contributed by atoms with E-state index in [0.717, 1.165) is 28.9 Å². The molecule has 0 fully saturated rings. The molecule has 0 spiro atoms. The molecular weight excluding hydrogens is 376 g/mol. The smallest absolute Gasteiger partial charge is 0.308 e. The van der Waals surface area contributed by atoms with Gasteiger partial charge in [0.15, 0.2) is 0 Å². The van der Waals surface area contributed by atoms with Crippen LogP contribution in [0, 0.1) is 11.8 Å². The lowest BCUT2D eigenvalue weighted by atomic mass is 9.95. The Morgan fingerprint density at radius 3 is 2.04 bits per heavy atom. The summed E-state index contributed by atoms with van der Waals surface area (Å²) in [6.45, 7) is 8.55. The summed E-state index contributed by atoms with van der Waals surface area (Å²) < 4.78 is 4.52. The van der Waals surface area contributed by atoms with Crippen LogP contribution in [-0.4, -0.2) is 46.4 Å². The zero-order valence-electron chi connectivity index (χ0n) is 17.8. The number of esters is 1. The minimum absolute atomic E-state index is 0.101. The van der Waals surface area contributed by atoms with Crippen LogP contribution in [0.3, 0.4) is 0 Å². The standard InChI is InChI=1S/C22H36O5S/c1-14(2)8-16-10-20(11-17(22(16)26)9-15(3)4)28-7-6-18(23)12-19(24)13-21(25)27-5/h10-11,14-15,18-19,23-24,26H,6-9,12-13H2,1-5H3. The first-order chi connectivity index (χ1) is 13.1. The Hall–Kier alpha value is -1.24. The predicted molar refractivity (Wildman–Crippen MR) is 114 cm³/mol. The molecule has 3 N–H and O–H groups in total. The van der Waals surface area contributed by atoms with Crippen LogP contribution in [-0.2, 0) is 22.4 Å². The molecule has 6 heteroatoms. The number of benzene rings is 1. The molecule has 0 heterocycles. The fourth-order valence-electron chi connectivity index (χ4n) is 3.11. The van der Waals surface area contributed by atoms with Crippen LogP contribution in [0.4, 0.5) is 0 Å². The van der Waals surface area contributed by atoms with Gasteiger partial charge in [-0.3, -0.25) is 4.79 Å². The van der Waals surface area contributed by atoms with Crippen molar-refractivity contribution in [1.82, 2.24) is 0 Å². The zero-order chi connectivity index (χ0) is 21.3. The van der Waals surface area contributed by atoms with Crippen LogP contribution in [0.25, 0.3) is 0 Å². The third-order valence-corrected chi connectivity index (χ3v) is 5.40. The van der Waals surface area contributed by atoms with Crippen LogP contribution >= 0.6 is 11.8 Å². The molecule has 28 heavy (non-hydrogen) atoms. The van der Waals surface area contributed by atoms with E-state index in [9.17, 15) is 20.1 Å². The van der Waals surface area contributed by atoms with E-state index in [1.807, 2.05) is 12.1 Å². The van der Waals surface area contributed by atoms with E-state index in [2.05, 4.69) is 32.4 Å². The van der Waals surface area contributed by atoms with Gasteiger partial charge in [-0.25, -0.2) is 0 Å². The second-order valence-corrected chi connectivity index (χ2v) is 9.42. The normalized spacial score (nSPS) is 13.8. The van der Waals surface area contributed by atoms with Crippen molar-refractivity contribution in [3.63, 3.8) is 0 Å². The highest BCUT2D eigenvalue weighted by Gasteiger charge is 2.17. The SMILES string of the molecule is COC(=O)CC(O)CC(O)CCSc1cc(CC(C)C)c(O)c(CC(C)C)c1. The quantitative estimate of drug-likeness (QED) is 0.356. The summed E-state index contributed by atoms with van der Waals surface area (Å²) in [5.41, 5.74) is 1.95. The van der Waals surface area contributed by atoms with Gasteiger partial charge in [0.05, 0.1) is 25.7 Å². The van der Waals surface area contributed by atoms with Gasteiger partial charge in [0, 0.05) is 10.6 Å². The van der Waals surface area contributed by atoms with E-state index in [4.69, 9.17) is 0 Å². The number of methoxy groups -OCH3 is 1. The molecule has 2 atom stereocenters. The monoisotopic (exact) mass is 412 g/mol. The molecule has 1 rings (SSSR count). The first-order valence-corrected chi connectivity index (χ1v) is 11.0. The van der Waals surface area contributed by atoms with E-state index in [-0.39, 0.29) is 12.8 Å². The molecule has 160 valence electrons. The Morgan fingerprint density at radius 2 is 1.57 bits per heavy atom. The molecule has 0 bridgehead atoms. The molecule has 0 aliphatic heterocycles. The van der Waals surface area contributed by atoms with Crippen LogP contribution in [0.2, 0.25) is 0 Å². The Labute approximate surface area is 173 Å². The highest BCUT2D eigenvalue weighted by molar-refractivity contribution is 7.99. The number of aliphatic hydroxyl groups is 2. The number of thioether (sulfide) groups is 1. The van der Waals surface area contributed by atoms with Gasteiger partial charge < -0.3 is 20.1 Å². The van der Waals surface area contributed by atoms with Crippen LogP contribution in [0.15, 0.2) is 17.0 Å². The van der Waals surface area contributed by atoms with Crippen LogP contribution in [0.1, 0.15) is 58.1 Å². The van der Waals surface area contributed by atoms with E-state index in [0.29, 0.717) is 29.8 Å². The number of phenols is 1. The summed E-state index contributed by atoms with van der Waals surface area (Å²) in [4.78, 5) is 12.2. The van der Waals surface area contributed by atoms with Crippen LogP contribution in [0.5, 0.6) is 5.75 Å². The second kappa shape index (κ2) is 12.3. The summed E-state index contributed by atoms with van der Waals surface area (Å²) in [6.07, 6.45) is 0.661. The molecule has 0 saturated heterocycles. The average molecular weight is 413 g/mol. The minimum Gasteiger partial charge on any atom is -0.507 e. The molecular formula is C22H36O5S. The first-order valence-electron chi connectivity index (χ1n) is 10.0. The number of hydrogen-bond acceptors (Lipinski definition) is 6. The van der Waals surface area contributed by atoms with Crippen molar-refractivity contribution in [2.45, 2.75) is 76.9 Å². The van der Waals surface area contributed by atoms with Gasteiger partial charge in [-0.05, 0) is 60.8 Å². The van der Waals surface area contributed by atoms with Crippen molar-refractivity contribution in [2.24, 2.45) is 11.8 Å². The van der Waals surface area contributed by atoms with Gasteiger partial charge in [0.1, 0.15) is 5.75 Å². The Balaban J connectivity index is 2.68. The fourth-order valence-corrected chi connectivity index (χ4v) is 4.18. The van der Waals surface area contributed by atoms with Crippen molar-refractivity contribution < 1.29 is 24.9 Å². The lowest BCUT2D eigenvalue weighted by molar-refractivity contribution is -0.143. The number of rotatable bonds is 12. The first kappa shape index (κ1) is 24.8. The molecule has 0 radical (unpaired) electrons. The molecule has 0 aliphatic rings. The number of hydrogen-bond donors (Lipinski definition) is 3. The summed E-state index contributed by atoms with van der Waals surface area (Å²) in [5, 5.41) is 30.5. The van der Waals surface area contributed by atoms with Crippen molar-refractivity contribution in [2.75, 3.05) is 12.9 Å². The Bertz CT molecular complexity index is 584.